The zero-order chi connectivity index (χ0) is 9.47. The standard InChI is InChI=1S/C7H12N4O2/c8-7(2-1-3-7)4-11-5(12)9-10-6(11)13/h1-4,8H2,(H,9,12)(H,10,13). The summed E-state index contributed by atoms with van der Waals surface area (Å²) in [6, 6.07) is 0. The van der Waals surface area contributed by atoms with E-state index < -0.39 is 11.4 Å². The first-order valence-corrected chi connectivity index (χ1v) is 4.27. The second kappa shape index (κ2) is 2.59. The molecule has 0 amide bonds. The minimum atomic E-state index is -0.415. The number of nitrogens with two attached hydrogens (primary N) is 1. The van der Waals surface area contributed by atoms with Crippen LogP contribution in [0.1, 0.15) is 19.3 Å². The zero-order valence-corrected chi connectivity index (χ0v) is 7.17. The molecule has 1 aliphatic rings. The number of H-pyrrole nitrogens is 2. The molecule has 1 aromatic rings. The highest BCUT2D eigenvalue weighted by atomic mass is 16.2. The van der Waals surface area contributed by atoms with E-state index in [9.17, 15) is 9.59 Å². The molecule has 1 fully saturated rings. The van der Waals surface area contributed by atoms with Gasteiger partial charge in [-0.3, -0.25) is 0 Å². The first kappa shape index (κ1) is 8.31. The molecule has 1 saturated carbocycles. The highest BCUT2D eigenvalue weighted by molar-refractivity contribution is 4.93. The maximum atomic E-state index is 11.1. The van der Waals surface area contributed by atoms with Gasteiger partial charge in [0.05, 0.1) is 6.54 Å². The van der Waals surface area contributed by atoms with Gasteiger partial charge >= 0.3 is 11.4 Å². The van der Waals surface area contributed by atoms with E-state index in [1.54, 1.807) is 0 Å². The number of hydrogen-bond acceptors (Lipinski definition) is 3. The highest BCUT2D eigenvalue weighted by Gasteiger charge is 2.33. The molecule has 0 spiro atoms. The van der Waals surface area contributed by atoms with Gasteiger partial charge in [0.15, 0.2) is 0 Å². The maximum Gasteiger partial charge on any atom is 0.344 e. The Hall–Kier alpha value is -1.30. The number of aromatic amines is 2. The Kier molecular flexibility index (Phi) is 1.66. The van der Waals surface area contributed by atoms with E-state index in [1.165, 1.54) is 0 Å². The van der Waals surface area contributed by atoms with Crippen molar-refractivity contribution in [3.05, 3.63) is 21.0 Å². The van der Waals surface area contributed by atoms with Crippen molar-refractivity contribution in [2.24, 2.45) is 5.73 Å². The fourth-order valence-electron chi connectivity index (χ4n) is 1.58. The first-order chi connectivity index (χ1) is 6.11. The molecule has 0 atom stereocenters. The molecule has 4 N–H and O–H groups in total. The quantitative estimate of drug-likeness (QED) is 0.535. The molecule has 0 bridgehead atoms. The largest absolute Gasteiger partial charge is 0.344 e. The van der Waals surface area contributed by atoms with Crippen LogP contribution in [0.15, 0.2) is 9.59 Å². The third-order valence-electron chi connectivity index (χ3n) is 2.59. The third kappa shape index (κ3) is 1.33. The Balaban J connectivity index is 2.27. The van der Waals surface area contributed by atoms with Crippen molar-refractivity contribution < 1.29 is 0 Å². The summed E-state index contributed by atoms with van der Waals surface area (Å²) in [5.41, 5.74) is 4.73. The van der Waals surface area contributed by atoms with E-state index in [2.05, 4.69) is 10.2 Å². The fraction of sp³-hybridized carbons (Fsp3) is 0.714. The summed E-state index contributed by atoms with van der Waals surface area (Å²) in [6.45, 7) is 0.310. The molecule has 2 rings (SSSR count). The van der Waals surface area contributed by atoms with E-state index in [-0.39, 0.29) is 5.54 Å². The second-order valence-corrected chi connectivity index (χ2v) is 3.66. The Labute approximate surface area is 73.7 Å². The van der Waals surface area contributed by atoms with Crippen molar-refractivity contribution in [1.82, 2.24) is 14.8 Å². The van der Waals surface area contributed by atoms with Gasteiger partial charge in [0.2, 0.25) is 0 Å². The van der Waals surface area contributed by atoms with E-state index in [1.807, 2.05) is 0 Å². The smallest absolute Gasteiger partial charge is 0.324 e. The van der Waals surface area contributed by atoms with Crippen LogP contribution in [-0.4, -0.2) is 20.3 Å². The van der Waals surface area contributed by atoms with Crippen LogP contribution in [-0.2, 0) is 6.54 Å². The molecule has 13 heavy (non-hydrogen) atoms. The van der Waals surface area contributed by atoms with Crippen LogP contribution in [0, 0.1) is 0 Å². The second-order valence-electron chi connectivity index (χ2n) is 3.66. The van der Waals surface area contributed by atoms with Gasteiger partial charge in [-0.2, -0.15) is 0 Å². The maximum absolute atomic E-state index is 11.1. The average molecular weight is 184 g/mol. The lowest BCUT2D eigenvalue weighted by molar-refractivity contribution is 0.211. The van der Waals surface area contributed by atoms with Gasteiger partial charge in [-0.1, -0.05) is 0 Å². The summed E-state index contributed by atoms with van der Waals surface area (Å²) in [7, 11) is 0. The molecule has 0 saturated heterocycles. The van der Waals surface area contributed by atoms with Gasteiger partial charge in [0.25, 0.3) is 0 Å². The molecule has 0 unspecified atom stereocenters. The topological polar surface area (TPSA) is 96.7 Å². The molecule has 72 valence electrons. The van der Waals surface area contributed by atoms with Gasteiger partial charge in [-0.15, -0.1) is 0 Å². The van der Waals surface area contributed by atoms with Crippen LogP contribution in [0.3, 0.4) is 0 Å². The van der Waals surface area contributed by atoms with Crippen LogP contribution in [0.5, 0.6) is 0 Å². The molecule has 1 aromatic heterocycles. The van der Waals surface area contributed by atoms with E-state index >= 15 is 0 Å². The summed E-state index contributed by atoms with van der Waals surface area (Å²) in [5.74, 6) is 0. The number of rotatable bonds is 2. The first-order valence-electron chi connectivity index (χ1n) is 4.27. The predicted octanol–water partition coefficient (Wildman–Crippen LogP) is -1.25. The lowest BCUT2D eigenvalue weighted by atomic mass is 9.78. The summed E-state index contributed by atoms with van der Waals surface area (Å²) in [4.78, 5) is 22.2. The Bertz CT molecular complexity index is 381. The van der Waals surface area contributed by atoms with Crippen molar-refractivity contribution in [2.75, 3.05) is 0 Å². The monoisotopic (exact) mass is 184 g/mol. The highest BCUT2D eigenvalue weighted by Crippen LogP contribution is 2.29. The van der Waals surface area contributed by atoms with Crippen molar-refractivity contribution >= 4 is 0 Å². The van der Waals surface area contributed by atoms with Crippen molar-refractivity contribution in [1.29, 1.82) is 0 Å². The van der Waals surface area contributed by atoms with Crippen LogP contribution in [0.2, 0.25) is 0 Å². The van der Waals surface area contributed by atoms with E-state index in [0.717, 1.165) is 23.8 Å². The summed E-state index contributed by atoms with van der Waals surface area (Å²) in [6.07, 6.45) is 2.84. The van der Waals surface area contributed by atoms with Crippen molar-refractivity contribution in [3.8, 4) is 0 Å². The number of aromatic nitrogens is 3. The number of nitrogens with one attached hydrogen (secondary N) is 2. The number of nitrogens with zero attached hydrogens (tertiary/aromatic N) is 1. The van der Waals surface area contributed by atoms with Crippen LogP contribution in [0.4, 0.5) is 0 Å². The van der Waals surface area contributed by atoms with Gasteiger partial charge in [0.1, 0.15) is 0 Å². The Morgan fingerprint density at radius 1 is 1.31 bits per heavy atom. The molecular formula is C7H12N4O2. The van der Waals surface area contributed by atoms with Gasteiger partial charge < -0.3 is 5.73 Å². The van der Waals surface area contributed by atoms with Crippen LogP contribution < -0.4 is 17.1 Å². The Morgan fingerprint density at radius 2 is 1.85 bits per heavy atom. The summed E-state index contributed by atoms with van der Waals surface area (Å²) >= 11 is 0. The molecular weight excluding hydrogens is 172 g/mol. The lowest BCUT2D eigenvalue weighted by Crippen LogP contribution is -2.52. The predicted molar refractivity (Wildman–Crippen MR) is 46.4 cm³/mol. The van der Waals surface area contributed by atoms with Crippen LogP contribution in [0.25, 0.3) is 0 Å². The zero-order valence-electron chi connectivity index (χ0n) is 7.17. The van der Waals surface area contributed by atoms with Gasteiger partial charge in [-0.05, 0) is 19.3 Å². The minimum absolute atomic E-state index is 0.310. The molecule has 6 nitrogen and oxygen atoms in total. The van der Waals surface area contributed by atoms with E-state index in [4.69, 9.17) is 5.73 Å². The fourth-order valence-corrected chi connectivity index (χ4v) is 1.58. The molecule has 0 aliphatic heterocycles. The molecule has 0 radical (unpaired) electrons. The minimum Gasteiger partial charge on any atom is -0.324 e. The van der Waals surface area contributed by atoms with E-state index in [0.29, 0.717) is 6.54 Å². The lowest BCUT2D eigenvalue weighted by Gasteiger charge is -2.37. The normalized spacial score (nSPS) is 19.8. The molecule has 1 heterocycles. The van der Waals surface area contributed by atoms with Gasteiger partial charge in [-0.25, -0.2) is 24.4 Å². The summed E-state index contributed by atoms with van der Waals surface area (Å²) in [5, 5.41) is 4.44. The SMILES string of the molecule is NC1(Cn2c(=O)[nH][nH]c2=O)CCC1. The van der Waals surface area contributed by atoms with Crippen molar-refractivity contribution in [2.45, 2.75) is 31.3 Å². The number of hydrogen-bond donors (Lipinski definition) is 3. The average Bonchev–Trinajstić information content (AvgIpc) is 2.33. The molecule has 0 aromatic carbocycles. The molecule has 1 aliphatic carbocycles. The van der Waals surface area contributed by atoms with Crippen LogP contribution >= 0.6 is 0 Å². The summed E-state index contributed by atoms with van der Waals surface area (Å²) < 4.78 is 1.11. The Morgan fingerprint density at radius 3 is 2.23 bits per heavy atom. The van der Waals surface area contributed by atoms with Crippen molar-refractivity contribution in [3.63, 3.8) is 0 Å². The molecule has 6 heteroatoms. The third-order valence-corrected chi connectivity index (χ3v) is 2.59. The van der Waals surface area contributed by atoms with Gasteiger partial charge in [0, 0.05) is 5.54 Å².